The number of nitrogens with zero attached hydrogens (tertiary/aromatic N) is 1. The van der Waals surface area contributed by atoms with Gasteiger partial charge in [0.05, 0.1) is 0 Å². The monoisotopic (exact) mass is 362 g/mol. The number of carboxylic acid groups (broad SMARTS) is 1. The molecule has 0 unspecified atom stereocenters. The maximum Gasteiger partial charge on any atom is 0.405 e. The summed E-state index contributed by atoms with van der Waals surface area (Å²) in [5, 5.41) is 14.9. The fraction of sp³-hybridized carbons (Fsp3) is 0.579. The molecule has 1 aliphatic rings. The molecular weight excluding hydrogens is 332 g/mol. The number of nitrogens with one attached hydrogen (secondary N) is 2. The van der Waals surface area contributed by atoms with Crippen LogP contribution in [-0.4, -0.2) is 60.3 Å². The zero-order valence-corrected chi connectivity index (χ0v) is 15.2. The Bertz CT molecular complexity index is 567. The molecule has 1 heterocycles. The van der Waals surface area contributed by atoms with Gasteiger partial charge in [0, 0.05) is 25.6 Å². The van der Waals surface area contributed by atoms with Crippen molar-refractivity contribution in [1.29, 1.82) is 0 Å². The lowest BCUT2D eigenvalue weighted by Gasteiger charge is -2.29. The lowest BCUT2D eigenvalue weighted by atomic mass is 10.0. The quantitative estimate of drug-likeness (QED) is 0.468. The molecule has 2 rings (SSSR count). The fourth-order valence-electron chi connectivity index (χ4n) is 3.40. The summed E-state index contributed by atoms with van der Waals surface area (Å²) >= 11 is 0. The van der Waals surface area contributed by atoms with Crippen molar-refractivity contribution in [3.63, 3.8) is 0 Å². The summed E-state index contributed by atoms with van der Waals surface area (Å²) in [6.07, 6.45) is 3.09. The van der Waals surface area contributed by atoms with Gasteiger partial charge in [-0.25, -0.2) is 4.79 Å². The molecule has 0 saturated carbocycles. The molecule has 1 aromatic carbocycles. The van der Waals surface area contributed by atoms with E-state index in [1.807, 2.05) is 35.2 Å². The molecule has 5 N–H and O–H groups in total. The maximum atomic E-state index is 13.0. The highest BCUT2D eigenvalue weighted by atomic mass is 16.4. The van der Waals surface area contributed by atoms with Crippen molar-refractivity contribution in [3.8, 4) is 0 Å². The minimum Gasteiger partial charge on any atom is -0.465 e. The molecule has 144 valence electrons. The lowest BCUT2D eigenvalue weighted by Crippen LogP contribution is -2.52. The third-order valence-corrected chi connectivity index (χ3v) is 4.73. The fourth-order valence-corrected chi connectivity index (χ4v) is 3.40. The number of nitrogens with two attached hydrogens (primary N) is 1. The number of carbonyl (C=O) groups is 2. The van der Waals surface area contributed by atoms with Crippen molar-refractivity contribution in [2.24, 2.45) is 5.73 Å². The summed E-state index contributed by atoms with van der Waals surface area (Å²) in [6, 6.07) is 8.86. The molecule has 0 bridgehead atoms. The first kappa shape index (κ1) is 20.2. The number of likely N-dealkylation sites (tertiary alicyclic amines) is 1. The molecule has 1 aliphatic heterocycles. The van der Waals surface area contributed by atoms with Gasteiger partial charge >= 0.3 is 6.09 Å². The van der Waals surface area contributed by atoms with Crippen LogP contribution >= 0.6 is 0 Å². The van der Waals surface area contributed by atoms with E-state index < -0.39 is 12.1 Å². The standard InChI is InChI=1S/C19H30N4O3/c20-10-4-5-11-21-14-16-9-6-12-23(16)18(24)17(22-19(25)26)13-15-7-2-1-3-8-15/h1-3,7-8,16-17,21-22H,4-6,9-14,20H2,(H,25,26)/t16-,17+/m1/s1. The second kappa shape index (κ2) is 10.8. The van der Waals surface area contributed by atoms with Crippen LogP contribution < -0.4 is 16.4 Å². The second-order valence-corrected chi connectivity index (χ2v) is 6.72. The number of benzene rings is 1. The van der Waals surface area contributed by atoms with Crippen LogP contribution in [0.15, 0.2) is 30.3 Å². The summed E-state index contributed by atoms with van der Waals surface area (Å²) in [6.45, 7) is 3.00. The van der Waals surface area contributed by atoms with Crippen LogP contribution in [0.2, 0.25) is 0 Å². The van der Waals surface area contributed by atoms with Crippen LogP contribution in [0.1, 0.15) is 31.2 Å². The zero-order chi connectivity index (χ0) is 18.8. The van der Waals surface area contributed by atoms with Gasteiger partial charge in [0.2, 0.25) is 5.91 Å². The molecule has 0 radical (unpaired) electrons. The Morgan fingerprint density at radius 3 is 2.73 bits per heavy atom. The van der Waals surface area contributed by atoms with E-state index in [0.29, 0.717) is 19.5 Å². The van der Waals surface area contributed by atoms with Crippen molar-refractivity contribution in [2.75, 3.05) is 26.2 Å². The maximum absolute atomic E-state index is 13.0. The molecule has 0 spiro atoms. The topological polar surface area (TPSA) is 108 Å². The Morgan fingerprint density at radius 2 is 2.04 bits per heavy atom. The normalized spacial score (nSPS) is 17.9. The van der Waals surface area contributed by atoms with Gasteiger partial charge in [-0.1, -0.05) is 30.3 Å². The Morgan fingerprint density at radius 1 is 1.27 bits per heavy atom. The first-order chi connectivity index (χ1) is 12.6. The largest absolute Gasteiger partial charge is 0.465 e. The predicted octanol–water partition coefficient (Wildman–Crippen LogP) is 1.18. The van der Waals surface area contributed by atoms with Crippen molar-refractivity contribution < 1.29 is 14.7 Å². The van der Waals surface area contributed by atoms with Gasteiger partial charge in [0.25, 0.3) is 0 Å². The number of amides is 2. The first-order valence-electron chi connectivity index (χ1n) is 9.36. The van der Waals surface area contributed by atoms with E-state index in [2.05, 4.69) is 10.6 Å². The summed E-state index contributed by atoms with van der Waals surface area (Å²) in [7, 11) is 0. The number of hydrogen-bond acceptors (Lipinski definition) is 4. The van der Waals surface area contributed by atoms with Crippen LogP contribution in [0.25, 0.3) is 0 Å². The molecule has 0 aliphatic carbocycles. The SMILES string of the molecule is NCCCCNC[C@H]1CCCN1C(=O)[C@H](Cc1ccccc1)NC(=O)O. The van der Waals surface area contributed by atoms with E-state index in [9.17, 15) is 9.59 Å². The summed E-state index contributed by atoms with van der Waals surface area (Å²) < 4.78 is 0. The molecule has 0 aromatic heterocycles. The van der Waals surface area contributed by atoms with Gasteiger partial charge in [-0.15, -0.1) is 0 Å². The highest BCUT2D eigenvalue weighted by Gasteiger charge is 2.33. The molecule has 7 nitrogen and oxygen atoms in total. The summed E-state index contributed by atoms with van der Waals surface area (Å²) in [5.74, 6) is -0.137. The van der Waals surface area contributed by atoms with Crippen molar-refractivity contribution in [3.05, 3.63) is 35.9 Å². The molecule has 26 heavy (non-hydrogen) atoms. The van der Waals surface area contributed by atoms with E-state index in [0.717, 1.165) is 44.3 Å². The van der Waals surface area contributed by atoms with Gasteiger partial charge < -0.3 is 26.4 Å². The number of carbonyl (C=O) groups excluding carboxylic acids is 1. The van der Waals surface area contributed by atoms with Crippen molar-refractivity contribution in [2.45, 2.75) is 44.2 Å². The highest BCUT2D eigenvalue weighted by molar-refractivity contribution is 5.86. The Balaban J connectivity index is 1.95. The van der Waals surface area contributed by atoms with Crippen LogP contribution in [0.4, 0.5) is 4.79 Å². The molecular formula is C19H30N4O3. The van der Waals surface area contributed by atoms with Gasteiger partial charge in [-0.3, -0.25) is 4.79 Å². The van der Waals surface area contributed by atoms with Gasteiger partial charge in [-0.05, 0) is 44.3 Å². The van der Waals surface area contributed by atoms with Crippen LogP contribution in [0.5, 0.6) is 0 Å². The zero-order valence-electron chi connectivity index (χ0n) is 15.2. The number of rotatable bonds is 10. The molecule has 1 aromatic rings. The van der Waals surface area contributed by atoms with Crippen molar-refractivity contribution >= 4 is 12.0 Å². The van der Waals surface area contributed by atoms with Crippen molar-refractivity contribution in [1.82, 2.24) is 15.5 Å². The van der Waals surface area contributed by atoms with E-state index in [1.54, 1.807) is 0 Å². The Kier molecular flexibility index (Phi) is 8.37. The van der Waals surface area contributed by atoms with Crippen LogP contribution in [0.3, 0.4) is 0 Å². The van der Waals surface area contributed by atoms with E-state index in [-0.39, 0.29) is 11.9 Å². The molecule has 7 heteroatoms. The van der Waals surface area contributed by atoms with Crippen LogP contribution in [-0.2, 0) is 11.2 Å². The smallest absolute Gasteiger partial charge is 0.405 e. The average Bonchev–Trinajstić information content (AvgIpc) is 3.09. The summed E-state index contributed by atoms with van der Waals surface area (Å²) in [4.78, 5) is 26.0. The second-order valence-electron chi connectivity index (χ2n) is 6.72. The van der Waals surface area contributed by atoms with Crippen LogP contribution in [0, 0.1) is 0 Å². The Labute approximate surface area is 154 Å². The lowest BCUT2D eigenvalue weighted by molar-refractivity contribution is -0.134. The average molecular weight is 362 g/mol. The molecule has 1 fully saturated rings. The van der Waals surface area contributed by atoms with E-state index in [1.165, 1.54) is 0 Å². The third-order valence-electron chi connectivity index (χ3n) is 4.73. The molecule has 2 atom stereocenters. The predicted molar refractivity (Wildman–Crippen MR) is 101 cm³/mol. The number of hydrogen-bond donors (Lipinski definition) is 4. The van der Waals surface area contributed by atoms with E-state index >= 15 is 0 Å². The van der Waals surface area contributed by atoms with Gasteiger partial charge in [0.1, 0.15) is 6.04 Å². The van der Waals surface area contributed by atoms with Gasteiger partial charge in [-0.2, -0.15) is 0 Å². The Hall–Kier alpha value is -2.12. The molecule has 2 amide bonds. The highest BCUT2D eigenvalue weighted by Crippen LogP contribution is 2.19. The van der Waals surface area contributed by atoms with E-state index in [4.69, 9.17) is 10.8 Å². The first-order valence-corrected chi connectivity index (χ1v) is 9.36. The minimum absolute atomic E-state index is 0.120. The third kappa shape index (κ3) is 6.31. The minimum atomic E-state index is -1.17. The van der Waals surface area contributed by atoms with Gasteiger partial charge in [0.15, 0.2) is 0 Å². The summed E-state index contributed by atoms with van der Waals surface area (Å²) in [5.41, 5.74) is 6.44. The molecule has 1 saturated heterocycles. The number of unbranched alkanes of at least 4 members (excludes halogenated alkanes) is 1.